The molecule has 1 saturated heterocycles. The summed E-state index contributed by atoms with van der Waals surface area (Å²) in [7, 11) is 0. The van der Waals surface area contributed by atoms with E-state index in [-0.39, 0.29) is 17.0 Å². The average molecular weight is 452 g/mol. The monoisotopic (exact) mass is 452 g/mol. The standard InChI is InChI=1S/C23H24N4O6/c1-14-10-18(16(3)26(14)22-11-15(2)33-24-22)21(28)13-32-23(29)17-6-7-19(20(12-17)27(30)31)25-8-4-5-9-25/h6-7,10-12H,4-5,8-9,13H2,1-3H3. The Balaban J connectivity index is 1.48. The predicted molar refractivity (Wildman–Crippen MR) is 119 cm³/mol. The number of nitrogens with zero attached hydrogens (tertiary/aromatic N) is 4. The lowest BCUT2D eigenvalue weighted by Gasteiger charge is -2.17. The average Bonchev–Trinajstić information content (AvgIpc) is 3.52. The molecule has 0 amide bonds. The summed E-state index contributed by atoms with van der Waals surface area (Å²) in [4.78, 5) is 38.3. The van der Waals surface area contributed by atoms with E-state index in [0.29, 0.717) is 28.5 Å². The first-order chi connectivity index (χ1) is 15.8. The molecule has 0 unspecified atom stereocenters. The maximum Gasteiger partial charge on any atom is 0.338 e. The molecule has 4 rings (SSSR count). The Hall–Kier alpha value is -3.95. The molecular formula is C23H24N4O6. The third kappa shape index (κ3) is 4.36. The Labute approximate surface area is 189 Å². The summed E-state index contributed by atoms with van der Waals surface area (Å²) >= 11 is 0. The Morgan fingerprint density at radius 3 is 2.52 bits per heavy atom. The highest BCUT2D eigenvalue weighted by atomic mass is 16.6. The molecule has 0 N–H and O–H groups in total. The van der Waals surface area contributed by atoms with Crippen LogP contribution in [0.4, 0.5) is 11.4 Å². The molecule has 33 heavy (non-hydrogen) atoms. The SMILES string of the molecule is Cc1cc(-n2c(C)cc(C(=O)COC(=O)c3ccc(N4CCCC4)c([N+](=O)[O-])c3)c2C)no1. The van der Waals surface area contributed by atoms with E-state index in [4.69, 9.17) is 9.26 Å². The Morgan fingerprint density at radius 1 is 1.15 bits per heavy atom. The van der Waals surface area contributed by atoms with Crippen LogP contribution in [0.1, 0.15) is 50.7 Å². The third-order valence-corrected chi connectivity index (χ3v) is 5.77. The van der Waals surface area contributed by atoms with Crippen LogP contribution in [0.15, 0.2) is 34.9 Å². The van der Waals surface area contributed by atoms with Gasteiger partial charge < -0.3 is 14.2 Å². The van der Waals surface area contributed by atoms with Crippen molar-refractivity contribution in [3.8, 4) is 5.82 Å². The normalized spacial score (nSPS) is 13.4. The zero-order chi connectivity index (χ0) is 23.7. The molecule has 10 nitrogen and oxygen atoms in total. The van der Waals surface area contributed by atoms with Crippen molar-refractivity contribution in [3.05, 3.63) is 68.7 Å². The highest BCUT2D eigenvalue weighted by Crippen LogP contribution is 2.32. The van der Waals surface area contributed by atoms with Crippen molar-refractivity contribution in [1.82, 2.24) is 9.72 Å². The lowest BCUT2D eigenvalue weighted by atomic mass is 10.1. The molecule has 10 heteroatoms. The fraction of sp³-hybridized carbons (Fsp3) is 0.348. The number of hydrogen-bond donors (Lipinski definition) is 0. The van der Waals surface area contributed by atoms with Crippen molar-refractivity contribution < 1.29 is 23.8 Å². The second-order valence-electron chi connectivity index (χ2n) is 8.07. The predicted octanol–water partition coefficient (Wildman–Crippen LogP) is 3.94. The molecule has 0 atom stereocenters. The molecule has 0 bridgehead atoms. The van der Waals surface area contributed by atoms with E-state index in [9.17, 15) is 19.7 Å². The molecule has 1 fully saturated rings. The van der Waals surface area contributed by atoms with Crippen molar-refractivity contribution in [3.63, 3.8) is 0 Å². The van der Waals surface area contributed by atoms with Crippen molar-refractivity contribution in [1.29, 1.82) is 0 Å². The summed E-state index contributed by atoms with van der Waals surface area (Å²) < 4.78 is 12.1. The molecule has 0 spiro atoms. The number of Topliss-reactive ketones (excluding diaryl/α,β-unsaturated/α-hetero) is 1. The molecule has 3 aromatic rings. The first-order valence-corrected chi connectivity index (χ1v) is 10.6. The fourth-order valence-corrected chi connectivity index (χ4v) is 4.17. The third-order valence-electron chi connectivity index (χ3n) is 5.77. The highest BCUT2D eigenvalue weighted by molar-refractivity contribution is 6.00. The number of nitro groups is 1. The molecule has 0 radical (unpaired) electrons. The molecule has 1 aromatic carbocycles. The zero-order valence-corrected chi connectivity index (χ0v) is 18.7. The lowest BCUT2D eigenvalue weighted by molar-refractivity contribution is -0.384. The van der Waals surface area contributed by atoms with E-state index in [1.165, 1.54) is 12.1 Å². The van der Waals surface area contributed by atoms with Crippen LogP contribution >= 0.6 is 0 Å². The van der Waals surface area contributed by atoms with E-state index in [2.05, 4.69) is 5.16 Å². The van der Waals surface area contributed by atoms with Gasteiger partial charge >= 0.3 is 5.97 Å². The number of benzene rings is 1. The Kier molecular flexibility index (Phi) is 5.99. The Morgan fingerprint density at radius 2 is 1.88 bits per heavy atom. The van der Waals surface area contributed by atoms with Crippen LogP contribution in [0.5, 0.6) is 0 Å². The maximum atomic E-state index is 12.8. The second kappa shape index (κ2) is 8.89. The van der Waals surface area contributed by atoms with Crippen LogP contribution in [0, 0.1) is 30.9 Å². The van der Waals surface area contributed by atoms with Gasteiger partial charge in [0, 0.05) is 42.2 Å². The molecule has 0 saturated carbocycles. The number of rotatable bonds is 7. The number of esters is 1. The topological polar surface area (TPSA) is 121 Å². The van der Waals surface area contributed by atoms with Gasteiger partial charge in [-0.15, -0.1) is 0 Å². The van der Waals surface area contributed by atoms with Crippen LogP contribution < -0.4 is 4.90 Å². The number of ketones is 1. The highest BCUT2D eigenvalue weighted by Gasteiger charge is 2.25. The van der Waals surface area contributed by atoms with Crippen LogP contribution in [0.3, 0.4) is 0 Å². The van der Waals surface area contributed by atoms with Crippen molar-refractivity contribution in [2.45, 2.75) is 33.6 Å². The molecule has 1 aliphatic heterocycles. The van der Waals surface area contributed by atoms with Gasteiger partial charge in [-0.2, -0.15) is 0 Å². The Bertz CT molecular complexity index is 1240. The van der Waals surface area contributed by atoms with Crippen LogP contribution in [0.25, 0.3) is 5.82 Å². The minimum absolute atomic E-state index is 0.0287. The van der Waals surface area contributed by atoms with Gasteiger partial charge in [-0.3, -0.25) is 19.5 Å². The molecule has 3 heterocycles. The van der Waals surface area contributed by atoms with E-state index in [0.717, 1.165) is 31.6 Å². The van der Waals surface area contributed by atoms with Gasteiger partial charge in [0.1, 0.15) is 11.4 Å². The quantitative estimate of drug-likeness (QED) is 0.229. The number of ether oxygens (including phenoxy) is 1. The molecule has 1 aliphatic rings. The van der Waals surface area contributed by atoms with Gasteiger partial charge in [0.25, 0.3) is 5.69 Å². The largest absolute Gasteiger partial charge is 0.454 e. The summed E-state index contributed by atoms with van der Waals surface area (Å²) in [6, 6.07) is 7.72. The number of carbonyl (C=O) groups excluding carboxylic acids is 2. The molecule has 0 aliphatic carbocycles. The van der Waals surface area contributed by atoms with Gasteiger partial charge in [-0.05, 0) is 51.8 Å². The first kappa shape index (κ1) is 22.3. The summed E-state index contributed by atoms with van der Waals surface area (Å²) in [5.74, 6) is 0.0274. The second-order valence-corrected chi connectivity index (χ2v) is 8.07. The fourth-order valence-electron chi connectivity index (χ4n) is 4.17. The summed E-state index contributed by atoms with van der Waals surface area (Å²) in [6.45, 7) is 6.38. The number of carbonyl (C=O) groups is 2. The number of hydrogen-bond acceptors (Lipinski definition) is 8. The van der Waals surface area contributed by atoms with Crippen LogP contribution in [0.2, 0.25) is 0 Å². The summed E-state index contributed by atoms with van der Waals surface area (Å²) in [5.41, 5.74) is 2.19. The number of anilines is 1. The van der Waals surface area contributed by atoms with Crippen molar-refractivity contribution in [2.24, 2.45) is 0 Å². The first-order valence-electron chi connectivity index (χ1n) is 10.6. The smallest absolute Gasteiger partial charge is 0.338 e. The van der Waals surface area contributed by atoms with Crippen LogP contribution in [-0.2, 0) is 4.74 Å². The van der Waals surface area contributed by atoms with Gasteiger partial charge in [0.2, 0.25) is 5.78 Å². The summed E-state index contributed by atoms with van der Waals surface area (Å²) in [5, 5.41) is 15.5. The van der Waals surface area contributed by atoms with Crippen molar-refractivity contribution >= 4 is 23.1 Å². The van der Waals surface area contributed by atoms with Gasteiger partial charge in [0.05, 0.1) is 10.5 Å². The van der Waals surface area contributed by atoms with Gasteiger partial charge in [-0.1, -0.05) is 5.16 Å². The number of aromatic nitrogens is 2. The number of nitro benzene ring substituents is 1. The minimum Gasteiger partial charge on any atom is -0.454 e. The lowest BCUT2D eigenvalue weighted by Crippen LogP contribution is -2.19. The minimum atomic E-state index is -0.791. The maximum absolute atomic E-state index is 12.8. The molecule has 2 aromatic heterocycles. The molecule has 172 valence electrons. The van der Waals surface area contributed by atoms with E-state index >= 15 is 0 Å². The number of aryl methyl sites for hydroxylation is 2. The van der Waals surface area contributed by atoms with E-state index in [1.807, 2.05) is 11.8 Å². The van der Waals surface area contributed by atoms with Crippen LogP contribution in [-0.4, -0.2) is 46.1 Å². The van der Waals surface area contributed by atoms with E-state index in [1.54, 1.807) is 36.6 Å². The summed E-state index contributed by atoms with van der Waals surface area (Å²) in [6.07, 6.45) is 1.94. The van der Waals surface area contributed by atoms with Gasteiger partial charge in [-0.25, -0.2) is 4.79 Å². The van der Waals surface area contributed by atoms with E-state index < -0.39 is 17.5 Å². The zero-order valence-electron chi connectivity index (χ0n) is 18.7. The molecular weight excluding hydrogens is 428 g/mol. The van der Waals surface area contributed by atoms with Crippen molar-refractivity contribution in [2.75, 3.05) is 24.6 Å². The van der Waals surface area contributed by atoms with Gasteiger partial charge in [0.15, 0.2) is 12.4 Å².